The summed E-state index contributed by atoms with van der Waals surface area (Å²) in [7, 11) is 0. The maximum absolute atomic E-state index is 13.4. The van der Waals surface area contributed by atoms with Gasteiger partial charge in [0.15, 0.2) is 11.6 Å². The van der Waals surface area contributed by atoms with Gasteiger partial charge >= 0.3 is 0 Å². The Morgan fingerprint density at radius 1 is 1.19 bits per heavy atom. The number of ether oxygens (including phenoxy) is 3. The van der Waals surface area contributed by atoms with E-state index in [4.69, 9.17) is 14.2 Å². The van der Waals surface area contributed by atoms with E-state index in [0.717, 1.165) is 12.6 Å². The topological polar surface area (TPSA) is 108 Å². The molecule has 9 nitrogen and oxygen atoms in total. The summed E-state index contributed by atoms with van der Waals surface area (Å²) >= 11 is 0. The molecule has 1 aliphatic rings. The van der Waals surface area contributed by atoms with Crippen molar-refractivity contribution in [3.05, 3.63) is 54.5 Å². The van der Waals surface area contributed by atoms with Crippen molar-refractivity contribution >= 4 is 5.91 Å². The molecule has 160 valence electrons. The summed E-state index contributed by atoms with van der Waals surface area (Å²) in [6, 6.07) is 2.87. The Morgan fingerprint density at radius 2 is 2.03 bits per heavy atom. The Balaban J connectivity index is 1.49. The zero-order chi connectivity index (χ0) is 21.6. The quantitative estimate of drug-likeness (QED) is 0.616. The normalized spacial score (nSPS) is 15.5. The van der Waals surface area contributed by atoms with E-state index >= 15 is 0 Å². The summed E-state index contributed by atoms with van der Waals surface area (Å²) in [6.45, 7) is 3.27. The number of nitrogens with zero attached hydrogens (tertiary/aromatic N) is 4. The fraction of sp³-hybridized carbons (Fsp3) is 0.286. The van der Waals surface area contributed by atoms with Crippen LogP contribution in [0.25, 0.3) is 11.4 Å². The van der Waals surface area contributed by atoms with E-state index in [1.54, 1.807) is 19.2 Å². The number of pyridine rings is 2. The first-order chi connectivity index (χ1) is 15.1. The second-order valence-electron chi connectivity index (χ2n) is 6.73. The highest BCUT2D eigenvalue weighted by Crippen LogP contribution is 2.30. The molecule has 1 aliphatic heterocycles. The molecule has 1 saturated heterocycles. The van der Waals surface area contributed by atoms with Crippen molar-refractivity contribution in [3.8, 4) is 28.8 Å². The number of carbonyl (C=O) groups excluding carboxylic acids is 1. The van der Waals surface area contributed by atoms with Gasteiger partial charge in [-0.25, -0.2) is 19.3 Å². The minimum Gasteiger partial charge on any atom is -0.488 e. The Kier molecular flexibility index (Phi) is 6.27. The lowest BCUT2D eigenvalue weighted by Crippen LogP contribution is -2.35. The van der Waals surface area contributed by atoms with E-state index < -0.39 is 5.82 Å². The van der Waals surface area contributed by atoms with Crippen LogP contribution in [0.15, 0.2) is 43.1 Å². The minimum absolute atomic E-state index is 0.00635. The molecule has 1 atom stereocenters. The summed E-state index contributed by atoms with van der Waals surface area (Å²) in [5.74, 6) is 0.252. The molecule has 0 spiro atoms. The molecule has 0 aromatic carbocycles. The van der Waals surface area contributed by atoms with Gasteiger partial charge in [0.1, 0.15) is 11.6 Å². The maximum atomic E-state index is 13.4. The number of nitrogens with one attached hydrogen (secondary N) is 1. The van der Waals surface area contributed by atoms with Crippen LogP contribution in [0.3, 0.4) is 0 Å². The number of amides is 1. The van der Waals surface area contributed by atoms with Crippen LogP contribution in [0.5, 0.6) is 17.4 Å². The number of hydrogen-bond acceptors (Lipinski definition) is 8. The molecule has 31 heavy (non-hydrogen) atoms. The van der Waals surface area contributed by atoms with Crippen LogP contribution < -0.4 is 14.8 Å². The van der Waals surface area contributed by atoms with Gasteiger partial charge < -0.3 is 19.5 Å². The highest BCUT2D eigenvalue weighted by atomic mass is 19.1. The zero-order valence-electron chi connectivity index (χ0n) is 16.7. The van der Waals surface area contributed by atoms with Gasteiger partial charge in [-0.3, -0.25) is 9.78 Å². The van der Waals surface area contributed by atoms with Gasteiger partial charge in [-0.15, -0.1) is 0 Å². The number of rotatable bonds is 7. The molecule has 0 radical (unpaired) electrons. The molecule has 0 aliphatic carbocycles. The third-order valence-corrected chi connectivity index (χ3v) is 4.45. The van der Waals surface area contributed by atoms with E-state index in [9.17, 15) is 9.18 Å². The summed E-state index contributed by atoms with van der Waals surface area (Å²) in [4.78, 5) is 28.9. The standard InChI is InChI=1S/C21H20FN5O4/c1-2-30-18-6-15(22)10-26-21(18)31-17-5-13(7-23-11-17)19-24-8-14(9-25-19)20(28)27-16-3-4-29-12-16/h5-11,16H,2-4,12H2,1H3,(H,27,28). The van der Waals surface area contributed by atoms with E-state index in [1.165, 1.54) is 24.7 Å². The summed E-state index contributed by atoms with van der Waals surface area (Å²) in [5.41, 5.74) is 0.932. The van der Waals surface area contributed by atoms with Crippen molar-refractivity contribution in [1.29, 1.82) is 0 Å². The molecule has 1 fully saturated rings. The van der Waals surface area contributed by atoms with Gasteiger partial charge in [-0.1, -0.05) is 0 Å². The first-order valence-corrected chi connectivity index (χ1v) is 9.74. The van der Waals surface area contributed by atoms with Crippen molar-refractivity contribution in [2.24, 2.45) is 0 Å². The number of carbonyl (C=O) groups is 1. The van der Waals surface area contributed by atoms with Gasteiger partial charge in [0.25, 0.3) is 11.8 Å². The SMILES string of the molecule is CCOc1cc(F)cnc1Oc1cncc(-c2ncc(C(=O)NC3CCOC3)cn2)c1. The third kappa shape index (κ3) is 5.10. The van der Waals surface area contributed by atoms with E-state index in [2.05, 4.69) is 25.3 Å². The average molecular weight is 425 g/mol. The predicted molar refractivity (Wildman–Crippen MR) is 107 cm³/mol. The summed E-state index contributed by atoms with van der Waals surface area (Å²) < 4.78 is 29.8. The van der Waals surface area contributed by atoms with Crippen molar-refractivity contribution < 1.29 is 23.4 Å². The molecule has 4 heterocycles. The monoisotopic (exact) mass is 425 g/mol. The highest BCUT2D eigenvalue weighted by molar-refractivity contribution is 5.93. The van der Waals surface area contributed by atoms with Crippen LogP contribution in [0, 0.1) is 5.82 Å². The first-order valence-electron chi connectivity index (χ1n) is 9.74. The fourth-order valence-electron chi connectivity index (χ4n) is 2.96. The van der Waals surface area contributed by atoms with Crippen LogP contribution in [0.4, 0.5) is 4.39 Å². The Hall–Kier alpha value is -3.66. The number of halogens is 1. The molecule has 1 N–H and O–H groups in total. The zero-order valence-corrected chi connectivity index (χ0v) is 16.7. The second-order valence-corrected chi connectivity index (χ2v) is 6.73. The molecule has 1 unspecified atom stereocenters. The summed E-state index contributed by atoms with van der Waals surface area (Å²) in [5, 5.41) is 2.89. The molecular formula is C21H20FN5O4. The minimum atomic E-state index is -0.527. The van der Waals surface area contributed by atoms with E-state index in [0.29, 0.717) is 42.5 Å². The van der Waals surface area contributed by atoms with Crippen molar-refractivity contribution in [1.82, 2.24) is 25.3 Å². The second kappa shape index (κ2) is 9.43. The van der Waals surface area contributed by atoms with Gasteiger partial charge in [0, 0.05) is 36.8 Å². The highest BCUT2D eigenvalue weighted by Gasteiger charge is 2.19. The Labute approximate surface area is 177 Å². The first kappa shape index (κ1) is 20.6. The van der Waals surface area contributed by atoms with Gasteiger partial charge in [-0.2, -0.15) is 0 Å². The van der Waals surface area contributed by atoms with Crippen molar-refractivity contribution in [2.45, 2.75) is 19.4 Å². The smallest absolute Gasteiger partial charge is 0.262 e. The van der Waals surface area contributed by atoms with E-state index in [1.807, 2.05) is 0 Å². The van der Waals surface area contributed by atoms with Crippen LogP contribution >= 0.6 is 0 Å². The predicted octanol–water partition coefficient (Wildman–Crippen LogP) is 2.78. The molecule has 3 aromatic rings. The molecule has 3 aromatic heterocycles. The average Bonchev–Trinajstić information content (AvgIpc) is 3.29. The van der Waals surface area contributed by atoms with Crippen LogP contribution in [0.2, 0.25) is 0 Å². The fourth-order valence-corrected chi connectivity index (χ4v) is 2.96. The third-order valence-electron chi connectivity index (χ3n) is 4.45. The van der Waals surface area contributed by atoms with Crippen LogP contribution in [0.1, 0.15) is 23.7 Å². The summed E-state index contributed by atoms with van der Waals surface area (Å²) in [6.07, 6.45) is 7.79. The molecule has 4 rings (SSSR count). The lowest BCUT2D eigenvalue weighted by atomic mass is 10.2. The largest absolute Gasteiger partial charge is 0.488 e. The van der Waals surface area contributed by atoms with Gasteiger partial charge in [0.2, 0.25) is 0 Å². The van der Waals surface area contributed by atoms with Crippen LogP contribution in [-0.4, -0.2) is 51.7 Å². The molecular weight excluding hydrogens is 405 g/mol. The molecule has 0 saturated carbocycles. The Bertz CT molecular complexity index is 1060. The van der Waals surface area contributed by atoms with E-state index in [-0.39, 0.29) is 23.6 Å². The Morgan fingerprint density at radius 3 is 2.77 bits per heavy atom. The van der Waals surface area contributed by atoms with Crippen molar-refractivity contribution in [2.75, 3.05) is 19.8 Å². The van der Waals surface area contributed by atoms with Crippen LogP contribution in [-0.2, 0) is 4.74 Å². The molecule has 0 bridgehead atoms. The lowest BCUT2D eigenvalue weighted by molar-refractivity contribution is 0.0929. The number of hydrogen-bond donors (Lipinski definition) is 1. The van der Waals surface area contributed by atoms with Gasteiger partial charge in [0.05, 0.1) is 37.2 Å². The molecule has 1 amide bonds. The van der Waals surface area contributed by atoms with Gasteiger partial charge in [-0.05, 0) is 19.4 Å². The molecule has 10 heteroatoms. The van der Waals surface area contributed by atoms with Crippen molar-refractivity contribution in [3.63, 3.8) is 0 Å². The lowest BCUT2D eigenvalue weighted by Gasteiger charge is -2.11. The maximum Gasteiger partial charge on any atom is 0.262 e. The number of aromatic nitrogens is 4.